The van der Waals surface area contributed by atoms with Gasteiger partial charge in [0, 0.05) is 31.3 Å². The van der Waals surface area contributed by atoms with Gasteiger partial charge in [-0.1, -0.05) is 12.8 Å². The monoisotopic (exact) mass is 273 g/mol. The van der Waals surface area contributed by atoms with Gasteiger partial charge in [-0.15, -0.1) is 0 Å². The minimum atomic E-state index is 0.572. The number of hydrogen-bond acceptors (Lipinski definition) is 3. The molecule has 1 aliphatic rings. The van der Waals surface area contributed by atoms with Crippen LogP contribution in [0.1, 0.15) is 50.0 Å². The van der Waals surface area contributed by atoms with Crippen LogP contribution in [0.3, 0.4) is 0 Å². The van der Waals surface area contributed by atoms with E-state index in [1.807, 2.05) is 24.9 Å². The van der Waals surface area contributed by atoms with Crippen LogP contribution >= 0.6 is 0 Å². The van der Waals surface area contributed by atoms with E-state index in [1.54, 1.807) is 0 Å². The van der Waals surface area contributed by atoms with Crippen molar-refractivity contribution in [1.82, 2.24) is 19.3 Å². The molecular weight excluding hydrogens is 250 g/mol. The van der Waals surface area contributed by atoms with Gasteiger partial charge < -0.3 is 10.3 Å². The Labute approximate surface area is 119 Å². The Balaban J connectivity index is 2.10. The molecule has 108 valence electrons. The minimum Gasteiger partial charge on any atom is -0.383 e. The van der Waals surface area contributed by atoms with E-state index in [1.165, 1.54) is 31.5 Å². The van der Waals surface area contributed by atoms with Crippen LogP contribution in [-0.2, 0) is 13.6 Å². The summed E-state index contributed by atoms with van der Waals surface area (Å²) >= 11 is 0. The van der Waals surface area contributed by atoms with E-state index in [-0.39, 0.29) is 0 Å². The van der Waals surface area contributed by atoms with Crippen molar-refractivity contribution in [3.8, 4) is 11.3 Å². The molecule has 0 spiro atoms. The maximum Gasteiger partial charge on any atom is 0.131 e. The van der Waals surface area contributed by atoms with Crippen molar-refractivity contribution >= 4 is 5.82 Å². The molecule has 5 heteroatoms. The highest BCUT2D eigenvalue weighted by Gasteiger charge is 2.26. The third-order valence-electron chi connectivity index (χ3n) is 4.34. The normalized spacial score (nSPS) is 16.1. The lowest BCUT2D eigenvalue weighted by atomic mass is 10.1. The summed E-state index contributed by atoms with van der Waals surface area (Å²) in [5.41, 5.74) is 9.29. The fourth-order valence-corrected chi connectivity index (χ4v) is 3.34. The molecule has 0 saturated heterocycles. The summed E-state index contributed by atoms with van der Waals surface area (Å²) in [6.07, 6.45) is 7.10. The van der Waals surface area contributed by atoms with Crippen molar-refractivity contribution in [3.63, 3.8) is 0 Å². The zero-order valence-electron chi connectivity index (χ0n) is 12.6. The number of aromatic nitrogens is 4. The number of rotatable bonds is 3. The van der Waals surface area contributed by atoms with E-state index < -0.39 is 0 Å². The number of anilines is 1. The standard InChI is InChI=1S/C15H23N5/c1-4-20-14(16)13(12-9-19(3)18-10(12)2)17-15(20)11-7-5-6-8-11/h9,11H,4-8,16H2,1-3H3. The summed E-state index contributed by atoms with van der Waals surface area (Å²) in [5, 5.41) is 4.40. The Morgan fingerprint density at radius 2 is 2.05 bits per heavy atom. The van der Waals surface area contributed by atoms with Crippen molar-refractivity contribution in [2.45, 2.75) is 52.0 Å². The highest BCUT2D eigenvalue weighted by atomic mass is 15.3. The van der Waals surface area contributed by atoms with Crippen molar-refractivity contribution in [3.05, 3.63) is 17.7 Å². The van der Waals surface area contributed by atoms with Gasteiger partial charge in [-0.3, -0.25) is 4.68 Å². The van der Waals surface area contributed by atoms with E-state index in [9.17, 15) is 0 Å². The van der Waals surface area contributed by atoms with Crippen LogP contribution in [0.2, 0.25) is 0 Å². The fraction of sp³-hybridized carbons (Fsp3) is 0.600. The van der Waals surface area contributed by atoms with Crippen molar-refractivity contribution in [2.24, 2.45) is 7.05 Å². The Hall–Kier alpha value is -1.78. The lowest BCUT2D eigenvalue weighted by molar-refractivity contribution is 0.604. The van der Waals surface area contributed by atoms with E-state index in [2.05, 4.69) is 16.6 Å². The van der Waals surface area contributed by atoms with Crippen LogP contribution in [0.15, 0.2) is 6.20 Å². The molecule has 5 nitrogen and oxygen atoms in total. The predicted molar refractivity (Wildman–Crippen MR) is 80.5 cm³/mol. The zero-order chi connectivity index (χ0) is 14.3. The summed E-state index contributed by atoms with van der Waals surface area (Å²) in [6.45, 7) is 5.02. The lowest BCUT2D eigenvalue weighted by Gasteiger charge is -2.11. The van der Waals surface area contributed by atoms with E-state index in [0.29, 0.717) is 5.92 Å². The van der Waals surface area contributed by atoms with Crippen LogP contribution in [-0.4, -0.2) is 19.3 Å². The van der Waals surface area contributed by atoms with Crippen molar-refractivity contribution < 1.29 is 0 Å². The maximum atomic E-state index is 6.36. The van der Waals surface area contributed by atoms with Gasteiger partial charge in [-0.05, 0) is 26.7 Å². The largest absolute Gasteiger partial charge is 0.383 e. The zero-order valence-corrected chi connectivity index (χ0v) is 12.6. The molecule has 0 aromatic carbocycles. The SMILES string of the molecule is CCn1c(C2CCCC2)nc(-c2cn(C)nc2C)c1N. The fourth-order valence-electron chi connectivity index (χ4n) is 3.34. The molecule has 1 fully saturated rings. The Kier molecular flexibility index (Phi) is 3.28. The number of imidazole rings is 1. The Bertz CT molecular complexity index is 616. The number of nitrogen functional groups attached to an aromatic ring is 1. The lowest BCUT2D eigenvalue weighted by Crippen LogP contribution is -2.08. The van der Waals surface area contributed by atoms with Crippen molar-refractivity contribution in [1.29, 1.82) is 0 Å². The second kappa shape index (κ2) is 4.96. The second-order valence-corrected chi connectivity index (χ2v) is 5.73. The highest BCUT2D eigenvalue weighted by molar-refractivity contribution is 5.72. The van der Waals surface area contributed by atoms with Gasteiger partial charge in [0.15, 0.2) is 0 Å². The smallest absolute Gasteiger partial charge is 0.131 e. The molecule has 1 saturated carbocycles. The van der Waals surface area contributed by atoms with Crippen molar-refractivity contribution in [2.75, 3.05) is 5.73 Å². The number of aryl methyl sites for hydroxylation is 2. The first-order chi connectivity index (χ1) is 9.61. The van der Waals surface area contributed by atoms with E-state index in [0.717, 1.165) is 29.3 Å². The number of nitrogens with zero attached hydrogens (tertiary/aromatic N) is 4. The van der Waals surface area contributed by atoms with Crippen LogP contribution in [0.5, 0.6) is 0 Å². The molecule has 0 atom stereocenters. The molecule has 0 unspecified atom stereocenters. The molecule has 0 bridgehead atoms. The Morgan fingerprint density at radius 3 is 2.60 bits per heavy atom. The Morgan fingerprint density at radius 1 is 1.35 bits per heavy atom. The first kappa shape index (κ1) is 13.2. The topological polar surface area (TPSA) is 61.7 Å². The first-order valence-electron chi connectivity index (χ1n) is 7.48. The molecule has 0 amide bonds. The molecule has 2 heterocycles. The average molecular weight is 273 g/mol. The van der Waals surface area contributed by atoms with Crippen LogP contribution in [0.4, 0.5) is 5.82 Å². The highest BCUT2D eigenvalue weighted by Crippen LogP contribution is 2.37. The van der Waals surface area contributed by atoms with E-state index >= 15 is 0 Å². The molecular formula is C15H23N5. The number of hydrogen-bond donors (Lipinski definition) is 1. The summed E-state index contributed by atoms with van der Waals surface area (Å²) in [4.78, 5) is 4.89. The molecule has 20 heavy (non-hydrogen) atoms. The van der Waals surface area contributed by atoms with Gasteiger partial charge in [-0.25, -0.2) is 4.98 Å². The number of nitrogens with two attached hydrogens (primary N) is 1. The molecule has 0 radical (unpaired) electrons. The average Bonchev–Trinajstić information content (AvgIpc) is 3.09. The van der Waals surface area contributed by atoms with Gasteiger partial charge in [0.05, 0.1) is 5.69 Å². The molecule has 2 aromatic heterocycles. The van der Waals surface area contributed by atoms with Gasteiger partial charge in [-0.2, -0.15) is 5.10 Å². The summed E-state index contributed by atoms with van der Waals surface area (Å²) in [7, 11) is 1.93. The quantitative estimate of drug-likeness (QED) is 0.935. The summed E-state index contributed by atoms with van der Waals surface area (Å²) in [5.74, 6) is 2.52. The molecule has 0 aliphatic heterocycles. The van der Waals surface area contributed by atoms with Gasteiger partial charge in [0.25, 0.3) is 0 Å². The van der Waals surface area contributed by atoms with Crippen LogP contribution in [0.25, 0.3) is 11.3 Å². The predicted octanol–water partition coefficient (Wildman–Crippen LogP) is 2.85. The van der Waals surface area contributed by atoms with Crippen LogP contribution in [0, 0.1) is 6.92 Å². The second-order valence-electron chi connectivity index (χ2n) is 5.73. The third-order valence-corrected chi connectivity index (χ3v) is 4.34. The first-order valence-corrected chi connectivity index (χ1v) is 7.48. The summed E-state index contributed by atoms with van der Waals surface area (Å²) < 4.78 is 4.00. The molecule has 2 aromatic rings. The molecule has 2 N–H and O–H groups in total. The molecule has 3 rings (SSSR count). The maximum absolute atomic E-state index is 6.36. The third kappa shape index (κ3) is 2.01. The van der Waals surface area contributed by atoms with Gasteiger partial charge >= 0.3 is 0 Å². The van der Waals surface area contributed by atoms with Gasteiger partial charge in [0.2, 0.25) is 0 Å². The minimum absolute atomic E-state index is 0.572. The van der Waals surface area contributed by atoms with Gasteiger partial charge in [0.1, 0.15) is 17.3 Å². The van der Waals surface area contributed by atoms with Crippen LogP contribution < -0.4 is 5.73 Å². The van der Waals surface area contributed by atoms with E-state index in [4.69, 9.17) is 10.7 Å². The molecule has 1 aliphatic carbocycles. The summed E-state index contributed by atoms with van der Waals surface area (Å²) in [6, 6.07) is 0.